The molecule has 0 fully saturated rings. The summed E-state index contributed by atoms with van der Waals surface area (Å²) in [5, 5.41) is 4.35. The van der Waals surface area contributed by atoms with Crippen LogP contribution in [0, 0.1) is 13.8 Å². The van der Waals surface area contributed by atoms with Crippen molar-refractivity contribution in [3.63, 3.8) is 0 Å². The summed E-state index contributed by atoms with van der Waals surface area (Å²) >= 11 is 1.94. The number of nitrogens with one attached hydrogen (secondary N) is 1. The summed E-state index contributed by atoms with van der Waals surface area (Å²) in [4.78, 5) is 0. The molecule has 1 rings (SSSR count). The van der Waals surface area contributed by atoms with E-state index < -0.39 is 0 Å². The maximum Gasteiger partial charge on any atom is 0.0291 e. The van der Waals surface area contributed by atoms with Gasteiger partial charge in [0.25, 0.3) is 0 Å². The summed E-state index contributed by atoms with van der Waals surface area (Å²) in [5.41, 5.74) is 4.11. The van der Waals surface area contributed by atoms with E-state index in [-0.39, 0.29) is 0 Å². The molecule has 0 aromatic heterocycles. The van der Waals surface area contributed by atoms with Crippen LogP contribution in [0.5, 0.6) is 0 Å². The Kier molecular flexibility index (Phi) is 6.07. The van der Waals surface area contributed by atoms with Gasteiger partial charge < -0.3 is 5.32 Å². The lowest BCUT2D eigenvalue weighted by atomic mass is 10.0. The van der Waals surface area contributed by atoms with Gasteiger partial charge in [0.15, 0.2) is 0 Å². The van der Waals surface area contributed by atoms with Gasteiger partial charge in [0.2, 0.25) is 0 Å². The number of benzene rings is 1. The molecule has 1 nitrogen and oxygen atoms in total. The Labute approximate surface area is 110 Å². The highest BCUT2D eigenvalue weighted by Gasteiger charge is 2.06. The van der Waals surface area contributed by atoms with Crippen LogP contribution in [0.15, 0.2) is 18.2 Å². The summed E-state index contributed by atoms with van der Waals surface area (Å²) in [5.74, 6) is 0. The third-order valence-electron chi connectivity index (χ3n) is 3.15. The van der Waals surface area contributed by atoms with Crippen LogP contribution < -0.4 is 5.32 Å². The van der Waals surface area contributed by atoms with E-state index in [1.807, 2.05) is 11.8 Å². The van der Waals surface area contributed by atoms with E-state index >= 15 is 0 Å². The first-order valence-electron chi connectivity index (χ1n) is 6.37. The third-order valence-corrected chi connectivity index (χ3v) is 4.19. The van der Waals surface area contributed by atoms with Crippen molar-refractivity contribution in [2.45, 2.75) is 45.4 Å². The Hall–Kier alpha value is -0.470. The van der Waals surface area contributed by atoms with E-state index in [0.29, 0.717) is 6.04 Å². The topological polar surface area (TPSA) is 12.0 Å². The standard InChI is InChI=1S/C15H25NS/c1-11-8-12(2)10-15(9-11)14(4)16-7-6-13(3)17-5/h8-10,13-14,16H,6-7H2,1-5H3. The molecule has 1 aromatic rings. The van der Waals surface area contributed by atoms with Crippen molar-refractivity contribution in [3.05, 3.63) is 34.9 Å². The van der Waals surface area contributed by atoms with Gasteiger partial charge >= 0.3 is 0 Å². The molecule has 0 aliphatic carbocycles. The number of hydrogen-bond acceptors (Lipinski definition) is 2. The van der Waals surface area contributed by atoms with Gasteiger partial charge in [0.05, 0.1) is 0 Å². The number of aryl methyl sites for hydroxylation is 2. The maximum absolute atomic E-state index is 3.61. The van der Waals surface area contributed by atoms with Crippen molar-refractivity contribution < 1.29 is 0 Å². The van der Waals surface area contributed by atoms with Gasteiger partial charge in [-0.15, -0.1) is 0 Å². The second-order valence-corrected chi connectivity index (χ2v) is 6.21. The highest BCUT2D eigenvalue weighted by Crippen LogP contribution is 2.17. The molecule has 0 heterocycles. The van der Waals surface area contributed by atoms with Crippen LogP contribution in [0.2, 0.25) is 0 Å². The fourth-order valence-corrected chi connectivity index (χ4v) is 2.35. The molecule has 0 aliphatic heterocycles. The first-order valence-corrected chi connectivity index (χ1v) is 7.66. The smallest absolute Gasteiger partial charge is 0.0291 e. The van der Waals surface area contributed by atoms with Crippen LogP contribution in [0.1, 0.15) is 43.0 Å². The first kappa shape index (κ1) is 14.6. The van der Waals surface area contributed by atoms with Gasteiger partial charge in [-0.25, -0.2) is 0 Å². The van der Waals surface area contributed by atoms with Gasteiger partial charge in [-0.2, -0.15) is 11.8 Å². The lowest BCUT2D eigenvalue weighted by Crippen LogP contribution is -2.22. The minimum Gasteiger partial charge on any atom is -0.310 e. The number of hydrogen-bond donors (Lipinski definition) is 1. The predicted octanol–water partition coefficient (Wildman–Crippen LogP) is 4.10. The quantitative estimate of drug-likeness (QED) is 0.817. The molecule has 0 saturated heterocycles. The van der Waals surface area contributed by atoms with Crippen molar-refractivity contribution in [2.24, 2.45) is 0 Å². The highest BCUT2D eigenvalue weighted by molar-refractivity contribution is 7.99. The lowest BCUT2D eigenvalue weighted by Gasteiger charge is -2.17. The van der Waals surface area contributed by atoms with E-state index in [0.717, 1.165) is 11.8 Å². The van der Waals surface area contributed by atoms with Gasteiger partial charge in [0, 0.05) is 11.3 Å². The highest BCUT2D eigenvalue weighted by atomic mass is 32.2. The molecule has 0 spiro atoms. The van der Waals surface area contributed by atoms with E-state index in [9.17, 15) is 0 Å². The largest absolute Gasteiger partial charge is 0.310 e. The molecule has 0 aliphatic rings. The zero-order valence-electron chi connectivity index (χ0n) is 11.7. The van der Waals surface area contributed by atoms with E-state index in [2.05, 4.69) is 57.5 Å². The molecule has 17 heavy (non-hydrogen) atoms. The first-order chi connectivity index (χ1) is 8.02. The fraction of sp³-hybridized carbons (Fsp3) is 0.600. The molecule has 0 bridgehead atoms. The molecule has 1 aromatic carbocycles. The molecule has 96 valence electrons. The van der Waals surface area contributed by atoms with E-state index in [1.54, 1.807) is 0 Å². The summed E-state index contributed by atoms with van der Waals surface area (Å²) in [6.45, 7) is 9.96. The molecular formula is C15H25NS. The Balaban J connectivity index is 2.49. The van der Waals surface area contributed by atoms with Crippen LogP contribution in [-0.2, 0) is 0 Å². The zero-order chi connectivity index (χ0) is 12.8. The summed E-state index contributed by atoms with van der Waals surface area (Å²) in [6, 6.07) is 7.24. The van der Waals surface area contributed by atoms with Crippen LogP contribution in [0.25, 0.3) is 0 Å². The van der Waals surface area contributed by atoms with Crippen molar-refractivity contribution >= 4 is 11.8 Å². The van der Waals surface area contributed by atoms with E-state index in [4.69, 9.17) is 0 Å². The molecule has 1 N–H and O–H groups in total. The average molecular weight is 251 g/mol. The minimum absolute atomic E-state index is 0.447. The Morgan fingerprint density at radius 2 is 1.71 bits per heavy atom. The maximum atomic E-state index is 3.61. The molecular weight excluding hydrogens is 226 g/mol. The molecule has 2 atom stereocenters. The second kappa shape index (κ2) is 7.07. The molecule has 0 saturated carbocycles. The zero-order valence-corrected chi connectivity index (χ0v) is 12.5. The Bertz CT molecular complexity index is 329. The van der Waals surface area contributed by atoms with Crippen LogP contribution in [-0.4, -0.2) is 18.1 Å². The second-order valence-electron chi connectivity index (χ2n) is 4.93. The van der Waals surface area contributed by atoms with Gasteiger partial charge in [-0.05, 0) is 45.6 Å². The molecule has 0 radical (unpaired) electrons. The van der Waals surface area contributed by atoms with Crippen molar-refractivity contribution in [1.82, 2.24) is 5.32 Å². The lowest BCUT2D eigenvalue weighted by molar-refractivity contribution is 0.557. The number of rotatable bonds is 6. The van der Waals surface area contributed by atoms with Crippen molar-refractivity contribution in [1.29, 1.82) is 0 Å². The van der Waals surface area contributed by atoms with Crippen molar-refractivity contribution in [3.8, 4) is 0 Å². The summed E-state index contributed by atoms with van der Waals surface area (Å²) < 4.78 is 0. The van der Waals surface area contributed by atoms with Gasteiger partial charge in [-0.3, -0.25) is 0 Å². The Morgan fingerprint density at radius 1 is 1.12 bits per heavy atom. The summed E-state index contributed by atoms with van der Waals surface area (Å²) in [6.07, 6.45) is 3.41. The normalized spacial score (nSPS) is 14.6. The van der Waals surface area contributed by atoms with Gasteiger partial charge in [-0.1, -0.05) is 36.2 Å². The van der Waals surface area contributed by atoms with Crippen LogP contribution >= 0.6 is 11.8 Å². The molecule has 2 heteroatoms. The van der Waals surface area contributed by atoms with Gasteiger partial charge in [0.1, 0.15) is 0 Å². The molecule has 0 amide bonds. The van der Waals surface area contributed by atoms with Crippen LogP contribution in [0.3, 0.4) is 0 Å². The minimum atomic E-state index is 0.447. The number of thioether (sulfide) groups is 1. The SMILES string of the molecule is CSC(C)CCNC(C)c1cc(C)cc(C)c1. The van der Waals surface area contributed by atoms with E-state index in [1.165, 1.54) is 23.1 Å². The predicted molar refractivity (Wildman–Crippen MR) is 79.9 cm³/mol. The Morgan fingerprint density at radius 3 is 2.24 bits per heavy atom. The average Bonchev–Trinajstić information content (AvgIpc) is 2.27. The molecule has 2 unspecified atom stereocenters. The van der Waals surface area contributed by atoms with Crippen molar-refractivity contribution in [2.75, 3.05) is 12.8 Å². The summed E-state index contributed by atoms with van der Waals surface area (Å²) in [7, 11) is 0. The monoisotopic (exact) mass is 251 g/mol. The third kappa shape index (κ3) is 5.13. The fourth-order valence-electron chi connectivity index (χ4n) is 2.00. The van der Waals surface area contributed by atoms with Crippen LogP contribution in [0.4, 0.5) is 0 Å².